The van der Waals surface area contributed by atoms with Crippen LogP contribution < -0.4 is 5.32 Å². The van der Waals surface area contributed by atoms with Crippen LogP contribution in [0, 0.1) is 0 Å². The number of piperazine rings is 1. The smallest absolute Gasteiger partial charge is 0.135 e. The number of aromatic nitrogens is 1. The molecule has 19 heavy (non-hydrogen) atoms. The molecule has 1 aliphatic heterocycles. The Hall–Kier alpha value is -0.610. The summed E-state index contributed by atoms with van der Waals surface area (Å²) in [5, 5.41) is 4.32. The number of nitrogens with one attached hydrogen (secondary N) is 1. The average Bonchev–Trinajstić information content (AvgIpc) is 2.42. The molecule has 1 aliphatic rings. The van der Waals surface area contributed by atoms with Gasteiger partial charge in [0.15, 0.2) is 0 Å². The zero-order valence-electron chi connectivity index (χ0n) is 10.9. The zero-order chi connectivity index (χ0) is 13.7. The number of halogens is 2. The molecule has 2 heterocycles. The number of hydrogen-bond acceptors (Lipinski definition) is 3. The van der Waals surface area contributed by atoms with Crippen LogP contribution in [0.1, 0.15) is 24.4 Å². The van der Waals surface area contributed by atoms with Gasteiger partial charge in [0, 0.05) is 37.8 Å². The van der Waals surface area contributed by atoms with Crippen molar-refractivity contribution in [1.82, 2.24) is 15.2 Å². The van der Waals surface area contributed by atoms with Crippen molar-refractivity contribution in [1.29, 1.82) is 0 Å². The minimum absolute atomic E-state index is 0.289. The maximum atomic E-state index is 6.26. The van der Waals surface area contributed by atoms with Gasteiger partial charge >= 0.3 is 0 Å². The largest absolute Gasteiger partial charge is 0.314 e. The molecule has 1 atom stereocenters. The van der Waals surface area contributed by atoms with E-state index in [1.165, 1.54) is 0 Å². The average molecular weight is 300 g/mol. The van der Waals surface area contributed by atoms with Crippen LogP contribution in [-0.2, 0) is 0 Å². The second-order valence-corrected chi connectivity index (χ2v) is 5.43. The maximum absolute atomic E-state index is 6.26. The molecule has 1 fully saturated rings. The van der Waals surface area contributed by atoms with Crippen molar-refractivity contribution >= 4 is 23.2 Å². The molecular weight excluding hydrogens is 281 g/mol. The Morgan fingerprint density at radius 3 is 2.74 bits per heavy atom. The molecule has 0 bridgehead atoms. The summed E-state index contributed by atoms with van der Waals surface area (Å²) in [4.78, 5) is 6.62. The fourth-order valence-electron chi connectivity index (χ4n) is 2.48. The van der Waals surface area contributed by atoms with Gasteiger partial charge in [-0.05, 0) is 18.9 Å². The van der Waals surface area contributed by atoms with E-state index in [1.807, 2.05) is 18.2 Å². The zero-order valence-corrected chi connectivity index (χ0v) is 12.4. The minimum atomic E-state index is 0.289. The van der Waals surface area contributed by atoms with Crippen LogP contribution in [0.5, 0.6) is 0 Å². The van der Waals surface area contributed by atoms with Crippen LogP contribution >= 0.6 is 23.2 Å². The molecule has 0 amide bonds. The quantitative estimate of drug-likeness (QED) is 0.668. The highest BCUT2D eigenvalue weighted by Crippen LogP contribution is 2.31. The van der Waals surface area contributed by atoms with Crippen molar-refractivity contribution in [2.45, 2.75) is 18.9 Å². The highest BCUT2D eigenvalue weighted by atomic mass is 35.5. The lowest BCUT2D eigenvalue weighted by Crippen LogP contribution is -2.45. The second kappa shape index (κ2) is 7.25. The van der Waals surface area contributed by atoms with E-state index in [2.05, 4.69) is 21.8 Å². The standard InChI is InChI=1S/C14H19Cl2N3/c1-2-3-4-12(19-9-7-17-8-10-19)11-5-6-13(15)18-14(11)16/h2,5-6,12,17H,1,3-4,7-10H2/t12-/m0/s1. The summed E-state index contributed by atoms with van der Waals surface area (Å²) in [6.07, 6.45) is 3.92. The summed E-state index contributed by atoms with van der Waals surface area (Å²) in [6.45, 7) is 7.90. The van der Waals surface area contributed by atoms with E-state index in [-0.39, 0.29) is 6.04 Å². The number of nitrogens with zero attached hydrogens (tertiary/aromatic N) is 2. The summed E-state index contributed by atoms with van der Waals surface area (Å²) in [5.74, 6) is 0. The van der Waals surface area contributed by atoms with E-state index < -0.39 is 0 Å². The number of hydrogen-bond donors (Lipinski definition) is 1. The van der Waals surface area contributed by atoms with Gasteiger partial charge in [-0.25, -0.2) is 4.98 Å². The van der Waals surface area contributed by atoms with Crippen LogP contribution in [0.3, 0.4) is 0 Å². The van der Waals surface area contributed by atoms with Crippen molar-refractivity contribution in [3.63, 3.8) is 0 Å². The van der Waals surface area contributed by atoms with Gasteiger partial charge in [-0.15, -0.1) is 6.58 Å². The predicted molar refractivity (Wildman–Crippen MR) is 80.9 cm³/mol. The molecular formula is C14H19Cl2N3. The Kier molecular flexibility index (Phi) is 5.64. The highest BCUT2D eigenvalue weighted by Gasteiger charge is 2.23. The molecule has 2 rings (SSSR count). The molecule has 5 heteroatoms. The molecule has 0 aliphatic carbocycles. The van der Waals surface area contributed by atoms with Gasteiger partial charge in [0.05, 0.1) is 0 Å². The summed E-state index contributed by atoms with van der Waals surface area (Å²) >= 11 is 12.1. The molecule has 1 aromatic rings. The molecule has 1 N–H and O–H groups in total. The number of rotatable bonds is 5. The highest BCUT2D eigenvalue weighted by molar-refractivity contribution is 6.32. The Bertz CT molecular complexity index is 431. The van der Waals surface area contributed by atoms with Crippen molar-refractivity contribution in [3.05, 3.63) is 40.7 Å². The Morgan fingerprint density at radius 2 is 2.11 bits per heavy atom. The first-order valence-corrected chi connectivity index (χ1v) is 7.35. The molecule has 1 aromatic heterocycles. The van der Waals surface area contributed by atoms with Crippen LogP contribution in [-0.4, -0.2) is 36.1 Å². The first kappa shape index (κ1) is 14.8. The predicted octanol–water partition coefficient (Wildman–Crippen LogP) is 3.30. The minimum Gasteiger partial charge on any atom is -0.314 e. The molecule has 0 unspecified atom stereocenters. The summed E-state index contributed by atoms with van der Waals surface area (Å²) in [5.41, 5.74) is 1.06. The van der Waals surface area contributed by atoms with Crippen molar-refractivity contribution in [3.8, 4) is 0 Å². The Labute approximate surface area is 124 Å². The molecule has 1 saturated heterocycles. The monoisotopic (exact) mass is 299 g/mol. The first-order chi connectivity index (χ1) is 9.22. The summed E-state index contributed by atoms with van der Waals surface area (Å²) in [7, 11) is 0. The van der Waals surface area contributed by atoms with Gasteiger partial charge in [0.2, 0.25) is 0 Å². The van der Waals surface area contributed by atoms with Gasteiger partial charge in [-0.3, -0.25) is 4.90 Å². The van der Waals surface area contributed by atoms with E-state index in [0.717, 1.165) is 44.6 Å². The fourth-order valence-corrected chi connectivity index (χ4v) is 2.95. The second-order valence-electron chi connectivity index (χ2n) is 4.68. The van der Waals surface area contributed by atoms with E-state index in [9.17, 15) is 0 Å². The molecule has 0 aromatic carbocycles. The van der Waals surface area contributed by atoms with Crippen molar-refractivity contribution in [2.24, 2.45) is 0 Å². The normalized spacial score (nSPS) is 18.2. The SMILES string of the molecule is C=CCC[C@@H](c1ccc(Cl)nc1Cl)N1CCNCC1. The van der Waals surface area contributed by atoms with Gasteiger partial charge in [0.25, 0.3) is 0 Å². The van der Waals surface area contributed by atoms with Gasteiger partial charge in [-0.2, -0.15) is 0 Å². The Balaban J connectivity index is 2.22. The number of allylic oxidation sites excluding steroid dienone is 1. The van der Waals surface area contributed by atoms with Gasteiger partial charge < -0.3 is 5.32 Å². The van der Waals surface area contributed by atoms with E-state index in [1.54, 1.807) is 0 Å². The summed E-state index contributed by atoms with van der Waals surface area (Å²) < 4.78 is 0. The van der Waals surface area contributed by atoms with E-state index in [0.29, 0.717) is 10.3 Å². The molecule has 0 spiro atoms. The molecule has 104 valence electrons. The third-order valence-electron chi connectivity index (χ3n) is 3.44. The lowest BCUT2D eigenvalue weighted by molar-refractivity contribution is 0.166. The molecule has 0 radical (unpaired) electrons. The van der Waals surface area contributed by atoms with E-state index >= 15 is 0 Å². The van der Waals surface area contributed by atoms with Gasteiger partial charge in [0.1, 0.15) is 10.3 Å². The molecule has 0 saturated carbocycles. The third-order valence-corrected chi connectivity index (χ3v) is 3.95. The maximum Gasteiger partial charge on any atom is 0.135 e. The fraction of sp³-hybridized carbons (Fsp3) is 0.500. The van der Waals surface area contributed by atoms with Crippen LogP contribution in [0.2, 0.25) is 10.3 Å². The van der Waals surface area contributed by atoms with Crippen molar-refractivity contribution in [2.75, 3.05) is 26.2 Å². The van der Waals surface area contributed by atoms with Crippen molar-refractivity contribution < 1.29 is 0 Å². The lowest BCUT2D eigenvalue weighted by atomic mass is 10.0. The molecule has 3 nitrogen and oxygen atoms in total. The summed E-state index contributed by atoms with van der Waals surface area (Å²) in [6, 6.07) is 4.09. The van der Waals surface area contributed by atoms with Crippen LogP contribution in [0.25, 0.3) is 0 Å². The lowest BCUT2D eigenvalue weighted by Gasteiger charge is -2.35. The van der Waals surface area contributed by atoms with Crippen LogP contribution in [0.4, 0.5) is 0 Å². The van der Waals surface area contributed by atoms with E-state index in [4.69, 9.17) is 23.2 Å². The third kappa shape index (κ3) is 3.93. The van der Waals surface area contributed by atoms with Crippen LogP contribution in [0.15, 0.2) is 24.8 Å². The first-order valence-electron chi connectivity index (χ1n) is 6.60. The number of pyridine rings is 1. The topological polar surface area (TPSA) is 28.2 Å². The van der Waals surface area contributed by atoms with Gasteiger partial charge in [-0.1, -0.05) is 35.3 Å². The Morgan fingerprint density at radius 1 is 1.37 bits per heavy atom.